The fourth-order valence-electron chi connectivity index (χ4n) is 11.9. The van der Waals surface area contributed by atoms with Crippen molar-refractivity contribution in [2.24, 2.45) is 46.3 Å². The van der Waals surface area contributed by atoms with E-state index in [9.17, 15) is 0 Å². The summed E-state index contributed by atoms with van der Waals surface area (Å²) in [6, 6.07) is 11.5. The molecule has 6 aliphatic rings. The van der Waals surface area contributed by atoms with Crippen LogP contribution in [-0.4, -0.2) is 33.4 Å². The van der Waals surface area contributed by atoms with Crippen molar-refractivity contribution >= 4 is 30.8 Å². The number of benzene rings is 1. The second kappa shape index (κ2) is 18.8. The second-order valence-electron chi connectivity index (χ2n) is 20.6. The van der Waals surface area contributed by atoms with Gasteiger partial charge in [-0.3, -0.25) is 0 Å². The number of nitrogens with zero attached hydrogens (tertiary/aromatic N) is 1. The van der Waals surface area contributed by atoms with Gasteiger partial charge >= 0.3 is 37.9 Å². The van der Waals surface area contributed by atoms with E-state index in [2.05, 4.69) is 166 Å². The molecule has 0 bridgehead atoms. The van der Waals surface area contributed by atoms with E-state index in [-0.39, 0.29) is 31.3 Å². The van der Waals surface area contributed by atoms with E-state index in [1.165, 1.54) is 37.4 Å². The van der Waals surface area contributed by atoms with Gasteiger partial charge < -0.3 is 24.5 Å². The number of halogens is 2. The molecular weight excluding hydrogens is 821 g/mol. The summed E-state index contributed by atoms with van der Waals surface area (Å²) in [4.78, 5) is 2.70. The fourth-order valence-corrected chi connectivity index (χ4v) is 18.9. The molecule has 0 radical (unpaired) electrons. The van der Waals surface area contributed by atoms with Crippen molar-refractivity contribution < 1.29 is 25.6 Å². The molecule has 6 heteroatoms. The fraction of sp³-hybridized carbons (Fsp3) is 0.600. The summed E-state index contributed by atoms with van der Waals surface area (Å²) in [5.74, 6) is 4.18. The van der Waals surface area contributed by atoms with E-state index in [1.807, 2.05) is 0 Å². The molecule has 10 unspecified atom stereocenters. The third kappa shape index (κ3) is 9.51. The number of ether oxygens (including phenoxy) is 1. The summed E-state index contributed by atoms with van der Waals surface area (Å²) in [7, 11) is 10.2. The Kier molecular flexibility index (Phi) is 16.0. The van der Waals surface area contributed by atoms with Crippen molar-refractivity contribution in [3.8, 4) is 0 Å². The number of hydrogen-bond acceptors (Lipinski definition) is 2. The molecule has 10 atom stereocenters. The molecule has 2 saturated carbocycles. The van der Waals surface area contributed by atoms with Crippen molar-refractivity contribution in [1.82, 2.24) is 0 Å². The Bertz CT molecular complexity index is 1620. The molecule has 0 aromatic heterocycles. The normalized spacial score (nSPS) is 31.8. The van der Waals surface area contributed by atoms with Gasteiger partial charge in [-0.15, -0.1) is 0 Å². The summed E-state index contributed by atoms with van der Waals surface area (Å²) in [5, 5.41) is 0. The van der Waals surface area contributed by atoms with Crippen molar-refractivity contribution in [3.05, 3.63) is 117 Å². The van der Waals surface area contributed by atoms with Crippen LogP contribution in [-0.2, 0) is 25.6 Å². The zero-order valence-corrected chi connectivity index (χ0v) is 42.2. The third-order valence-electron chi connectivity index (χ3n) is 14.2. The van der Waals surface area contributed by atoms with Crippen LogP contribution in [0.1, 0.15) is 99.5 Å². The van der Waals surface area contributed by atoms with E-state index >= 15 is 0 Å². The Morgan fingerprint density at radius 2 is 1.20 bits per heavy atom. The Hall–Kier alpha value is -0.900. The quantitative estimate of drug-likeness (QED) is 0.139. The Morgan fingerprint density at radius 3 is 1.73 bits per heavy atom. The number of anilines is 1. The van der Waals surface area contributed by atoms with Crippen LogP contribution in [0.4, 0.5) is 5.69 Å². The van der Waals surface area contributed by atoms with E-state index in [1.54, 1.807) is 16.7 Å². The third-order valence-corrected chi connectivity index (χ3v) is 20.2. The van der Waals surface area contributed by atoms with E-state index in [4.69, 9.17) is 21.8 Å². The van der Waals surface area contributed by atoms with Gasteiger partial charge in [-0.1, -0.05) is 152 Å². The molecule has 7 rings (SSSR count). The topological polar surface area (TPSA) is 12.5 Å². The first kappa shape index (κ1) is 47.8. The molecular formula is C50H75Cl2NOSiZr. The predicted molar refractivity (Wildman–Crippen MR) is 247 cm³/mol. The molecule has 1 aliphatic heterocycles. The van der Waals surface area contributed by atoms with Crippen molar-refractivity contribution in [1.29, 1.82) is 0 Å². The minimum absolute atomic E-state index is 0. The number of rotatable bonds is 9. The molecule has 0 spiro atoms. The zero-order chi connectivity index (χ0) is 39.2. The molecule has 56 heavy (non-hydrogen) atoms. The van der Waals surface area contributed by atoms with Crippen LogP contribution < -0.4 is 4.90 Å². The average Bonchev–Trinajstić information content (AvgIpc) is 3.72. The number of hydrogen-bond donors (Lipinski definition) is 0. The molecule has 1 heterocycles. The Morgan fingerprint density at radius 1 is 0.679 bits per heavy atom. The summed E-state index contributed by atoms with van der Waals surface area (Å²) in [6.45, 7) is 24.9. The van der Waals surface area contributed by atoms with Crippen LogP contribution in [0.5, 0.6) is 0 Å². The summed E-state index contributed by atoms with van der Waals surface area (Å²) >= 11 is -0.826. The monoisotopic (exact) mass is 893 g/mol. The average molecular weight is 896 g/mol. The van der Waals surface area contributed by atoms with Crippen LogP contribution >= 0.6 is 17.0 Å². The Labute approximate surface area is 364 Å². The first-order chi connectivity index (χ1) is 25.4. The zero-order valence-electron chi connectivity index (χ0n) is 37.2. The van der Waals surface area contributed by atoms with Gasteiger partial charge in [0.05, 0.1) is 13.7 Å². The van der Waals surface area contributed by atoms with Crippen LogP contribution in [0.25, 0.3) is 0 Å². The maximum absolute atomic E-state index is 6.15. The molecule has 2 nitrogen and oxygen atoms in total. The molecule has 1 aromatic rings. The second-order valence-corrected chi connectivity index (χ2v) is 29.2. The predicted octanol–water partition coefficient (Wildman–Crippen LogP) is 15.0. The van der Waals surface area contributed by atoms with Gasteiger partial charge in [0.1, 0.15) is 0 Å². The number of unbranched alkanes of at least 4 members (excludes halogenated alkanes) is 3. The van der Waals surface area contributed by atoms with Crippen molar-refractivity contribution in [3.63, 3.8) is 0 Å². The van der Waals surface area contributed by atoms with Gasteiger partial charge in [-0.2, -0.15) is 0 Å². The standard InChI is InChI=1S/C48H69NOSi.2CH3.2ClH.Zr/c1-46(2,3)32-24-26-34-35-27-25-33(47(4,5)6)31-40(35)44(39(34)30-32)51(11,29-19-13-12-18-28-50-48(7,8)9)45-37-21-15-14-20-36(37)43-42(45)38-22-16-17-23-41(38)49(43)10;;;;;/h14-17,20-27,30-31,34-37,39-40,42-45H,12-13,18-19,28-29H2,1-11H3;2*1H3;2*1H;/q;2*-1;;;+4/p-2. The molecule has 0 saturated heterocycles. The van der Waals surface area contributed by atoms with Crippen LogP contribution in [0, 0.1) is 61.2 Å². The minimum atomic E-state index is -2.07. The molecule has 1 aromatic carbocycles. The van der Waals surface area contributed by atoms with Gasteiger partial charge in [0.25, 0.3) is 0 Å². The van der Waals surface area contributed by atoms with E-state index in [0.717, 1.165) is 6.61 Å². The van der Waals surface area contributed by atoms with E-state index in [0.29, 0.717) is 58.5 Å². The number of para-hydroxylation sites is 1. The number of fused-ring (bicyclic) bond motifs is 8. The van der Waals surface area contributed by atoms with Crippen molar-refractivity contribution in [2.75, 3.05) is 18.6 Å². The van der Waals surface area contributed by atoms with Crippen LogP contribution in [0.2, 0.25) is 23.7 Å². The number of allylic oxidation sites excluding steroid dienone is 11. The van der Waals surface area contributed by atoms with Crippen LogP contribution in [0.15, 0.2) is 96.2 Å². The Balaban J connectivity index is 0.00000135. The summed E-state index contributed by atoms with van der Waals surface area (Å²) in [5.41, 5.74) is 7.92. The van der Waals surface area contributed by atoms with Gasteiger partial charge in [0.15, 0.2) is 0 Å². The molecule has 0 N–H and O–H groups in total. The van der Waals surface area contributed by atoms with Crippen molar-refractivity contribution in [2.45, 2.75) is 129 Å². The molecule has 308 valence electrons. The first-order valence-electron chi connectivity index (χ1n) is 21.0. The number of likely N-dealkylation sites (N-methyl/N-ethyl adjacent to an activating group) is 1. The van der Waals surface area contributed by atoms with Crippen LogP contribution in [0.3, 0.4) is 0 Å². The van der Waals surface area contributed by atoms with Gasteiger partial charge in [0.2, 0.25) is 0 Å². The van der Waals surface area contributed by atoms with Gasteiger partial charge in [-0.25, -0.2) is 0 Å². The molecule has 5 aliphatic carbocycles. The molecule has 2 fully saturated rings. The van der Waals surface area contributed by atoms with Gasteiger partial charge in [0, 0.05) is 37.2 Å². The summed E-state index contributed by atoms with van der Waals surface area (Å²) in [6.07, 6.45) is 31.2. The SMILES string of the molecule is CN1c2ccccc2C2C1C1C=CC=CC1C2[Si](C)(CCCCCCOC(C)(C)C)C1C2C=C(C(C)(C)C)C=CC2C2C=CC(C(C)(C)C)=CC21.[CH3-].[CH3-].[Cl][Zr+2][Cl]. The first-order valence-corrected chi connectivity index (χ1v) is 30.2. The van der Waals surface area contributed by atoms with Gasteiger partial charge in [-0.05, 0) is 101 Å². The van der Waals surface area contributed by atoms with E-state index < -0.39 is 28.9 Å². The molecule has 0 amide bonds. The summed E-state index contributed by atoms with van der Waals surface area (Å²) < 4.78 is 6.15. The maximum atomic E-state index is 6.15.